The third-order valence-corrected chi connectivity index (χ3v) is 4.36. The highest BCUT2D eigenvalue weighted by Crippen LogP contribution is 2.25. The first kappa shape index (κ1) is 18.5. The minimum absolute atomic E-state index is 0.0540. The summed E-state index contributed by atoms with van der Waals surface area (Å²) in [6.07, 6.45) is 0. The van der Waals surface area contributed by atoms with Crippen molar-refractivity contribution in [2.75, 3.05) is 7.05 Å². The number of nitro groups is 1. The van der Waals surface area contributed by atoms with E-state index in [9.17, 15) is 14.9 Å². The van der Waals surface area contributed by atoms with Crippen LogP contribution in [0.2, 0.25) is 5.02 Å². The van der Waals surface area contributed by atoms with Gasteiger partial charge in [0.2, 0.25) is 11.7 Å². The molecule has 8 nitrogen and oxygen atoms in total. The van der Waals surface area contributed by atoms with Crippen LogP contribution in [0.15, 0.2) is 47.0 Å². The molecule has 0 atom stereocenters. The molecule has 1 aromatic heterocycles. The summed E-state index contributed by atoms with van der Waals surface area (Å²) in [6, 6.07) is 11.5. The normalized spacial score (nSPS) is 10.6. The first-order chi connectivity index (χ1) is 12.9. The van der Waals surface area contributed by atoms with Crippen LogP contribution >= 0.6 is 11.6 Å². The summed E-state index contributed by atoms with van der Waals surface area (Å²) < 4.78 is 5.20. The summed E-state index contributed by atoms with van der Waals surface area (Å²) in [7, 11) is 1.56. The van der Waals surface area contributed by atoms with Crippen molar-refractivity contribution in [2.45, 2.75) is 13.5 Å². The average Bonchev–Trinajstić information content (AvgIpc) is 3.09. The fourth-order valence-electron chi connectivity index (χ4n) is 2.60. The van der Waals surface area contributed by atoms with Gasteiger partial charge >= 0.3 is 0 Å². The first-order valence-electron chi connectivity index (χ1n) is 7.95. The van der Waals surface area contributed by atoms with Gasteiger partial charge in [-0.15, -0.1) is 0 Å². The predicted molar refractivity (Wildman–Crippen MR) is 98.4 cm³/mol. The highest BCUT2D eigenvalue weighted by atomic mass is 35.5. The summed E-state index contributed by atoms with van der Waals surface area (Å²) in [4.78, 5) is 28.8. The Bertz CT molecular complexity index is 1020. The molecule has 0 aliphatic carbocycles. The molecule has 2 aromatic carbocycles. The standard InChI is InChI=1S/C18H15ClN4O4/c1-11-12(7-5-9-15(11)23(25)26)18(24)22(2)10-16-20-17(21-27-16)13-6-3-4-8-14(13)19/h3-9H,10H2,1-2H3. The highest BCUT2D eigenvalue weighted by Gasteiger charge is 2.22. The molecule has 0 spiro atoms. The van der Waals surface area contributed by atoms with Gasteiger partial charge in [-0.3, -0.25) is 14.9 Å². The van der Waals surface area contributed by atoms with Crippen molar-refractivity contribution < 1.29 is 14.2 Å². The molecular formula is C18H15ClN4O4. The molecule has 9 heteroatoms. The molecule has 0 saturated heterocycles. The molecule has 0 saturated carbocycles. The molecule has 138 valence electrons. The number of aromatic nitrogens is 2. The van der Waals surface area contributed by atoms with Crippen molar-refractivity contribution >= 4 is 23.2 Å². The molecule has 0 aliphatic rings. The third kappa shape index (κ3) is 3.80. The predicted octanol–water partition coefficient (Wildman–Crippen LogP) is 3.88. The van der Waals surface area contributed by atoms with Crippen molar-refractivity contribution in [2.24, 2.45) is 0 Å². The third-order valence-electron chi connectivity index (χ3n) is 4.03. The summed E-state index contributed by atoms with van der Waals surface area (Å²) in [5.41, 5.74) is 1.07. The Hall–Kier alpha value is -3.26. The monoisotopic (exact) mass is 386 g/mol. The molecule has 0 N–H and O–H groups in total. The number of benzene rings is 2. The second-order valence-electron chi connectivity index (χ2n) is 5.86. The van der Waals surface area contributed by atoms with Gasteiger partial charge in [0.1, 0.15) is 0 Å². The lowest BCUT2D eigenvalue weighted by molar-refractivity contribution is -0.385. The van der Waals surface area contributed by atoms with Crippen molar-refractivity contribution in [3.05, 3.63) is 74.6 Å². The largest absolute Gasteiger partial charge is 0.337 e. The van der Waals surface area contributed by atoms with E-state index in [1.165, 1.54) is 17.0 Å². The molecule has 3 rings (SSSR count). The molecule has 27 heavy (non-hydrogen) atoms. The molecule has 0 aliphatic heterocycles. The van der Waals surface area contributed by atoms with Gasteiger partial charge in [-0.2, -0.15) is 4.98 Å². The number of carbonyl (C=O) groups excluding carboxylic acids is 1. The van der Waals surface area contributed by atoms with Crippen LogP contribution in [0.4, 0.5) is 5.69 Å². The molecule has 3 aromatic rings. The Morgan fingerprint density at radius 1 is 1.26 bits per heavy atom. The lowest BCUT2D eigenvalue weighted by atomic mass is 10.1. The number of nitrogens with zero attached hydrogens (tertiary/aromatic N) is 4. The average molecular weight is 387 g/mol. The maximum Gasteiger partial charge on any atom is 0.273 e. The van der Waals surface area contributed by atoms with E-state index in [0.29, 0.717) is 22.0 Å². The zero-order valence-corrected chi connectivity index (χ0v) is 15.3. The Kier molecular flexibility index (Phi) is 5.18. The van der Waals surface area contributed by atoms with Crippen LogP contribution < -0.4 is 0 Å². The van der Waals surface area contributed by atoms with Gasteiger partial charge in [-0.1, -0.05) is 35.0 Å². The fraction of sp³-hybridized carbons (Fsp3) is 0.167. The van der Waals surface area contributed by atoms with Crippen LogP contribution in [0.5, 0.6) is 0 Å². The van der Waals surface area contributed by atoms with E-state index in [-0.39, 0.29) is 29.6 Å². The lowest BCUT2D eigenvalue weighted by Gasteiger charge is -2.16. The number of hydrogen-bond acceptors (Lipinski definition) is 6. The number of amides is 1. The maximum absolute atomic E-state index is 12.7. The Morgan fingerprint density at radius 2 is 2.00 bits per heavy atom. The molecule has 1 amide bonds. The molecular weight excluding hydrogens is 372 g/mol. The van der Waals surface area contributed by atoms with Crippen LogP contribution in [-0.4, -0.2) is 32.9 Å². The first-order valence-corrected chi connectivity index (χ1v) is 8.33. The number of hydrogen-bond donors (Lipinski definition) is 0. The van der Waals surface area contributed by atoms with E-state index in [1.54, 1.807) is 44.3 Å². The minimum Gasteiger partial charge on any atom is -0.337 e. The zero-order chi connectivity index (χ0) is 19.6. The van der Waals surface area contributed by atoms with Gasteiger partial charge in [-0.05, 0) is 25.1 Å². The van der Waals surface area contributed by atoms with E-state index in [2.05, 4.69) is 10.1 Å². The van der Waals surface area contributed by atoms with Gasteiger partial charge in [0.15, 0.2) is 0 Å². The van der Waals surface area contributed by atoms with Crippen molar-refractivity contribution in [3.8, 4) is 11.4 Å². The SMILES string of the molecule is Cc1c(C(=O)N(C)Cc2nc(-c3ccccc3Cl)no2)cccc1[N+](=O)[O-]. The maximum atomic E-state index is 12.7. The van der Waals surface area contributed by atoms with Crippen molar-refractivity contribution in [3.63, 3.8) is 0 Å². The smallest absolute Gasteiger partial charge is 0.273 e. The van der Waals surface area contributed by atoms with Crippen molar-refractivity contribution in [1.29, 1.82) is 0 Å². The van der Waals surface area contributed by atoms with E-state index < -0.39 is 4.92 Å². The molecule has 0 radical (unpaired) electrons. The van der Waals surface area contributed by atoms with E-state index in [1.807, 2.05) is 0 Å². The number of rotatable bonds is 5. The zero-order valence-electron chi connectivity index (χ0n) is 14.5. The van der Waals surface area contributed by atoms with Crippen LogP contribution in [0.3, 0.4) is 0 Å². The van der Waals surface area contributed by atoms with Crippen LogP contribution in [-0.2, 0) is 6.54 Å². The van der Waals surface area contributed by atoms with Gasteiger partial charge < -0.3 is 9.42 Å². The summed E-state index contributed by atoms with van der Waals surface area (Å²) >= 11 is 6.12. The van der Waals surface area contributed by atoms with Gasteiger partial charge in [0.05, 0.1) is 16.5 Å². The quantitative estimate of drug-likeness (QED) is 0.487. The van der Waals surface area contributed by atoms with Gasteiger partial charge in [0, 0.05) is 29.8 Å². The topological polar surface area (TPSA) is 102 Å². The van der Waals surface area contributed by atoms with Gasteiger partial charge in [-0.25, -0.2) is 0 Å². The Balaban J connectivity index is 1.79. The van der Waals surface area contributed by atoms with Crippen LogP contribution in [0.25, 0.3) is 11.4 Å². The summed E-state index contributed by atoms with van der Waals surface area (Å²) in [5.74, 6) is 0.167. The Morgan fingerprint density at radius 3 is 2.70 bits per heavy atom. The number of halogens is 1. The number of carbonyl (C=O) groups is 1. The summed E-state index contributed by atoms with van der Waals surface area (Å²) in [5, 5.41) is 15.4. The second kappa shape index (κ2) is 7.55. The lowest BCUT2D eigenvalue weighted by Crippen LogP contribution is -2.27. The van der Waals surface area contributed by atoms with Crippen molar-refractivity contribution in [1.82, 2.24) is 15.0 Å². The number of nitro benzene ring substituents is 1. The molecule has 0 unspecified atom stereocenters. The summed E-state index contributed by atoms with van der Waals surface area (Å²) in [6.45, 7) is 1.60. The van der Waals surface area contributed by atoms with Crippen LogP contribution in [0.1, 0.15) is 21.8 Å². The second-order valence-corrected chi connectivity index (χ2v) is 6.27. The molecule has 0 bridgehead atoms. The van der Waals surface area contributed by atoms with E-state index in [0.717, 1.165) is 0 Å². The Labute approximate surface area is 159 Å². The van der Waals surface area contributed by atoms with Gasteiger partial charge in [0.25, 0.3) is 11.6 Å². The fourth-order valence-corrected chi connectivity index (χ4v) is 2.82. The van der Waals surface area contributed by atoms with E-state index in [4.69, 9.17) is 16.1 Å². The highest BCUT2D eigenvalue weighted by molar-refractivity contribution is 6.33. The van der Waals surface area contributed by atoms with Crippen LogP contribution in [0, 0.1) is 17.0 Å². The molecule has 1 heterocycles. The molecule has 0 fully saturated rings. The minimum atomic E-state index is -0.514. The van der Waals surface area contributed by atoms with E-state index >= 15 is 0 Å².